The van der Waals surface area contributed by atoms with Gasteiger partial charge in [-0.2, -0.15) is 0 Å². The molecule has 0 aliphatic heterocycles. The van der Waals surface area contributed by atoms with Crippen molar-refractivity contribution in [2.75, 3.05) is 27.7 Å². The topological polar surface area (TPSA) is 32.7 Å². The maximum absolute atomic E-state index is 13.1. The van der Waals surface area contributed by atoms with Gasteiger partial charge in [0.15, 0.2) is 0 Å². The lowest BCUT2D eigenvalue weighted by atomic mass is 9.70. The fraction of sp³-hybridized carbons (Fsp3) is 0.212. The summed E-state index contributed by atoms with van der Waals surface area (Å²) in [5.41, 5.74) is 1.45. The van der Waals surface area contributed by atoms with Crippen LogP contribution in [0.25, 0.3) is 21.5 Å². The fourth-order valence-electron chi connectivity index (χ4n) is 5.50. The van der Waals surface area contributed by atoms with Crippen LogP contribution >= 0.6 is 27.5 Å². The van der Waals surface area contributed by atoms with E-state index in [9.17, 15) is 5.11 Å². The van der Waals surface area contributed by atoms with Crippen molar-refractivity contribution in [3.8, 4) is 5.75 Å². The SMILES string of the molecule is COc1cc2ccc(Br)cc2cc1[C@@H](c1cccc(Cl)c1)[C@@](O)(CCN(C)C)c1cccc2ccccc12. The summed E-state index contributed by atoms with van der Waals surface area (Å²) in [6.45, 7) is 0.693. The molecule has 38 heavy (non-hydrogen) atoms. The predicted octanol–water partition coefficient (Wildman–Crippen LogP) is 8.39. The van der Waals surface area contributed by atoms with Gasteiger partial charge in [0.05, 0.1) is 7.11 Å². The normalized spacial score (nSPS) is 14.1. The van der Waals surface area contributed by atoms with Gasteiger partial charge in [-0.1, -0.05) is 88.2 Å². The zero-order valence-corrected chi connectivity index (χ0v) is 24.1. The first-order valence-corrected chi connectivity index (χ1v) is 13.9. The molecule has 0 aliphatic carbocycles. The van der Waals surface area contributed by atoms with Gasteiger partial charge in [-0.3, -0.25) is 0 Å². The van der Waals surface area contributed by atoms with Gasteiger partial charge in [-0.05, 0) is 89.6 Å². The van der Waals surface area contributed by atoms with Crippen molar-refractivity contribution in [3.63, 3.8) is 0 Å². The summed E-state index contributed by atoms with van der Waals surface area (Å²) < 4.78 is 6.99. The molecule has 0 saturated heterocycles. The van der Waals surface area contributed by atoms with Crippen LogP contribution in [0.4, 0.5) is 0 Å². The van der Waals surface area contributed by atoms with E-state index >= 15 is 0 Å². The minimum atomic E-state index is -1.28. The van der Waals surface area contributed by atoms with Crippen LogP contribution in [0.5, 0.6) is 5.75 Å². The second-order valence-electron chi connectivity index (χ2n) is 10.1. The van der Waals surface area contributed by atoms with Crippen LogP contribution in [0.1, 0.15) is 29.0 Å². The van der Waals surface area contributed by atoms with Crippen LogP contribution in [0.3, 0.4) is 0 Å². The Morgan fingerprint density at radius 1 is 0.868 bits per heavy atom. The van der Waals surface area contributed by atoms with Gasteiger partial charge >= 0.3 is 0 Å². The summed E-state index contributed by atoms with van der Waals surface area (Å²) in [4.78, 5) is 2.11. The average molecular weight is 589 g/mol. The van der Waals surface area contributed by atoms with Gasteiger partial charge in [0, 0.05) is 27.5 Å². The fourth-order valence-corrected chi connectivity index (χ4v) is 6.08. The molecule has 0 unspecified atom stereocenters. The summed E-state index contributed by atoms with van der Waals surface area (Å²) in [5.74, 6) is 0.276. The number of hydrogen-bond donors (Lipinski definition) is 1. The van der Waals surface area contributed by atoms with Gasteiger partial charge in [-0.15, -0.1) is 0 Å². The summed E-state index contributed by atoms with van der Waals surface area (Å²) in [7, 11) is 5.76. The Kier molecular flexibility index (Phi) is 7.78. The van der Waals surface area contributed by atoms with Crippen LogP contribution in [-0.2, 0) is 5.60 Å². The van der Waals surface area contributed by atoms with Crippen molar-refractivity contribution in [3.05, 3.63) is 123 Å². The van der Waals surface area contributed by atoms with Crippen molar-refractivity contribution < 1.29 is 9.84 Å². The highest BCUT2D eigenvalue weighted by Gasteiger charge is 2.43. The minimum Gasteiger partial charge on any atom is -0.496 e. The summed E-state index contributed by atoms with van der Waals surface area (Å²) in [5, 5.41) is 18.0. The molecule has 5 rings (SSSR count). The third-order valence-corrected chi connectivity index (χ3v) is 8.05. The first-order chi connectivity index (χ1) is 18.3. The van der Waals surface area contributed by atoms with Gasteiger partial charge in [0.2, 0.25) is 0 Å². The number of benzene rings is 5. The number of aliphatic hydroxyl groups is 1. The maximum Gasteiger partial charge on any atom is 0.123 e. The monoisotopic (exact) mass is 587 g/mol. The van der Waals surface area contributed by atoms with Crippen LogP contribution in [0, 0.1) is 0 Å². The smallest absolute Gasteiger partial charge is 0.123 e. The standard InChI is InChI=1S/C33H31BrClNO2/c1-36(2)17-16-33(37,30-13-7-9-22-8-4-5-12-28(22)30)32(24-10-6-11-27(35)19-24)29-20-25-18-26(34)15-14-23(25)21-31(29)38-3/h4-15,18-21,32,37H,16-17H2,1-3H3/t32-,33-/m1/s1. The summed E-state index contributed by atoms with van der Waals surface area (Å²) in [6, 6.07) is 32.7. The van der Waals surface area contributed by atoms with Crippen molar-refractivity contribution in [2.24, 2.45) is 0 Å². The van der Waals surface area contributed by atoms with Crippen molar-refractivity contribution in [1.29, 1.82) is 0 Å². The molecule has 5 aromatic carbocycles. The number of rotatable bonds is 8. The molecule has 0 spiro atoms. The number of methoxy groups -OCH3 is 1. The van der Waals surface area contributed by atoms with E-state index in [2.05, 4.69) is 69.4 Å². The van der Waals surface area contributed by atoms with Crippen LogP contribution < -0.4 is 4.74 Å². The molecule has 0 radical (unpaired) electrons. The van der Waals surface area contributed by atoms with Crippen molar-refractivity contribution in [1.82, 2.24) is 4.90 Å². The van der Waals surface area contributed by atoms with Crippen LogP contribution in [-0.4, -0.2) is 37.8 Å². The van der Waals surface area contributed by atoms with E-state index in [0.29, 0.717) is 18.0 Å². The number of nitrogens with zero attached hydrogens (tertiary/aromatic N) is 1. The Hall–Kier alpha value is -2.89. The lowest BCUT2D eigenvalue weighted by Gasteiger charge is -2.40. The zero-order chi connectivity index (χ0) is 26.9. The number of ether oxygens (including phenoxy) is 1. The molecule has 0 saturated carbocycles. The van der Waals surface area contributed by atoms with Gasteiger partial charge in [0.25, 0.3) is 0 Å². The van der Waals surface area contributed by atoms with E-state index in [0.717, 1.165) is 48.5 Å². The highest BCUT2D eigenvalue weighted by atomic mass is 79.9. The number of halogens is 2. The Bertz CT molecular complexity index is 1600. The Balaban J connectivity index is 1.86. The average Bonchev–Trinajstić information content (AvgIpc) is 2.91. The summed E-state index contributed by atoms with van der Waals surface area (Å²) >= 11 is 10.2. The summed E-state index contributed by atoms with van der Waals surface area (Å²) in [6.07, 6.45) is 0.505. The molecule has 0 heterocycles. The lowest BCUT2D eigenvalue weighted by Crippen LogP contribution is -2.38. The van der Waals surface area contributed by atoms with Crippen LogP contribution in [0.15, 0.2) is 102 Å². The Labute approximate surface area is 237 Å². The molecule has 2 atom stereocenters. The van der Waals surface area contributed by atoms with Gasteiger partial charge in [-0.25, -0.2) is 0 Å². The largest absolute Gasteiger partial charge is 0.496 e. The highest BCUT2D eigenvalue weighted by molar-refractivity contribution is 9.10. The first-order valence-electron chi connectivity index (χ1n) is 12.7. The van der Waals surface area contributed by atoms with Gasteiger partial charge < -0.3 is 14.7 Å². The second-order valence-corrected chi connectivity index (χ2v) is 11.4. The molecule has 0 bridgehead atoms. The van der Waals surface area contributed by atoms with Gasteiger partial charge in [0.1, 0.15) is 11.4 Å². The third-order valence-electron chi connectivity index (χ3n) is 7.32. The van der Waals surface area contributed by atoms with Crippen LogP contribution in [0.2, 0.25) is 5.02 Å². The minimum absolute atomic E-state index is 0.453. The number of fused-ring (bicyclic) bond motifs is 2. The molecule has 0 aromatic heterocycles. The molecule has 0 amide bonds. The zero-order valence-electron chi connectivity index (χ0n) is 21.8. The molecule has 0 aliphatic rings. The maximum atomic E-state index is 13.1. The Morgan fingerprint density at radius 3 is 2.39 bits per heavy atom. The third kappa shape index (κ3) is 5.19. The highest BCUT2D eigenvalue weighted by Crippen LogP contribution is 2.49. The second kappa shape index (κ2) is 11.1. The lowest BCUT2D eigenvalue weighted by molar-refractivity contribution is 0.00534. The molecular formula is C33H31BrClNO2. The van der Waals surface area contributed by atoms with E-state index in [4.69, 9.17) is 16.3 Å². The van der Waals surface area contributed by atoms with Crippen molar-refractivity contribution >= 4 is 49.1 Å². The molecule has 5 aromatic rings. The van der Waals surface area contributed by atoms with E-state index in [1.165, 1.54) is 0 Å². The molecule has 5 heteroatoms. The molecule has 3 nitrogen and oxygen atoms in total. The van der Waals surface area contributed by atoms with E-state index in [-0.39, 0.29) is 0 Å². The van der Waals surface area contributed by atoms with Crippen molar-refractivity contribution in [2.45, 2.75) is 17.9 Å². The Morgan fingerprint density at radius 2 is 1.63 bits per heavy atom. The number of hydrogen-bond acceptors (Lipinski definition) is 3. The molecule has 1 N–H and O–H groups in total. The first kappa shape index (κ1) is 26.7. The van der Waals surface area contributed by atoms with E-state index < -0.39 is 11.5 Å². The molecule has 0 fully saturated rings. The van der Waals surface area contributed by atoms with E-state index in [1.54, 1.807) is 7.11 Å². The molecular weight excluding hydrogens is 558 g/mol. The predicted molar refractivity (Wildman–Crippen MR) is 163 cm³/mol. The molecule has 194 valence electrons. The quantitative estimate of drug-likeness (QED) is 0.198. The van der Waals surface area contributed by atoms with E-state index in [1.807, 2.05) is 62.6 Å².